The van der Waals surface area contributed by atoms with Crippen LogP contribution in [-0.4, -0.2) is 24.7 Å². The Morgan fingerprint density at radius 1 is 1.29 bits per heavy atom. The fourth-order valence-corrected chi connectivity index (χ4v) is 2.26. The number of benzene rings is 1. The van der Waals surface area contributed by atoms with Gasteiger partial charge < -0.3 is 10.1 Å². The Bertz CT molecular complexity index is 501. The van der Waals surface area contributed by atoms with E-state index >= 15 is 0 Å². The van der Waals surface area contributed by atoms with Gasteiger partial charge in [-0.05, 0) is 25.1 Å². The summed E-state index contributed by atoms with van der Waals surface area (Å²) in [7, 11) is 0. The molecule has 1 N–H and O–H groups in total. The first-order chi connectivity index (χ1) is 8.43. The van der Waals surface area contributed by atoms with Gasteiger partial charge in [0.1, 0.15) is 11.3 Å². The van der Waals surface area contributed by atoms with Gasteiger partial charge >= 0.3 is 0 Å². The van der Waals surface area contributed by atoms with Crippen molar-refractivity contribution in [2.45, 2.75) is 6.42 Å². The number of hydrogen-bond donors (Lipinski definition) is 1. The van der Waals surface area contributed by atoms with Crippen molar-refractivity contribution >= 4 is 10.9 Å². The standard InChI is InChI=1S/C14H16N2O/c1-3-12-4-2-7-16-14(12)13(5-1)17-10-11-6-8-15-9-11/h1-5,7,11,15H,6,8-10H2. The fourth-order valence-electron chi connectivity index (χ4n) is 2.26. The molecule has 1 atom stereocenters. The smallest absolute Gasteiger partial charge is 0.145 e. The molecule has 17 heavy (non-hydrogen) atoms. The van der Waals surface area contributed by atoms with Crippen LogP contribution in [0.25, 0.3) is 10.9 Å². The summed E-state index contributed by atoms with van der Waals surface area (Å²) in [5.74, 6) is 1.53. The second kappa shape index (κ2) is 4.72. The van der Waals surface area contributed by atoms with E-state index in [9.17, 15) is 0 Å². The first-order valence-electron chi connectivity index (χ1n) is 6.11. The number of rotatable bonds is 3. The van der Waals surface area contributed by atoms with Crippen molar-refractivity contribution in [2.24, 2.45) is 5.92 Å². The summed E-state index contributed by atoms with van der Waals surface area (Å²) in [6.07, 6.45) is 3.02. The van der Waals surface area contributed by atoms with Gasteiger partial charge in [-0.3, -0.25) is 4.98 Å². The third-order valence-corrected chi connectivity index (χ3v) is 3.23. The summed E-state index contributed by atoms with van der Waals surface area (Å²) < 4.78 is 5.90. The van der Waals surface area contributed by atoms with Gasteiger partial charge in [0.05, 0.1) is 6.61 Å². The van der Waals surface area contributed by atoms with E-state index in [1.54, 1.807) is 0 Å². The summed E-state index contributed by atoms with van der Waals surface area (Å²) >= 11 is 0. The summed E-state index contributed by atoms with van der Waals surface area (Å²) in [6.45, 7) is 2.96. The number of para-hydroxylation sites is 1. The molecule has 0 amide bonds. The third kappa shape index (κ3) is 2.24. The highest BCUT2D eigenvalue weighted by Crippen LogP contribution is 2.23. The minimum Gasteiger partial charge on any atom is -0.491 e. The van der Waals surface area contributed by atoms with Gasteiger partial charge in [0, 0.05) is 24.0 Å². The van der Waals surface area contributed by atoms with Crippen molar-refractivity contribution in [3.05, 3.63) is 36.5 Å². The molecule has 1 aliphatic rings. The number of pyridine rings is 1. The van der Waals surface area contributed by atoms with E-state index in [2.05, 4.69) is 22.4 Å². The molecule has 3 rings (SSSR count). The average Bonchev–Trinajstić information content (AvgIpc) is 2.89. The van der Waals surface area contributed by atoms with Crippen LogP contribution in [0.15, 0.2) is 36.5 Å². The maximum atomic E-state index is 5.90. The number of fused-ring (bicyclic) bond motifs is 1. The Kier molecular flexibility index (Phi) is 2.92. The number of nitrogens with one attached hydrogen (secondary N) is 1. The van der Waals surface area contributed by atoms with E-state index in [0.29, 0.717) is 5.92 Å². The molecule has 88 valence electrons. The second-order valence-electron chi connectivity index (χ2n) is 4.50. The van der Waals surface area contributed by atoms with E-state index in [-0.39, 0.29) is 0 Å². The van der Waals surface area contributed by atoms with Crippen molar-refractivity contribution < 1.29 is 4.74 Å². The summed E-state index contributed by atoms with van der Waals surface area (Å²) in [5, 5.41) is 4.48. The predicted octanol–water partition coefficient (Wildman–Crippen LogP) is 2.22. The van der Waals surface area contributed by atoms with Crippen LogP contribution in [0.3, 0.4) is 0 Å². The van der Waals surface area contributed by atoms with E-state index in [1.807, 2.05) is 24.4 Å². The number of ether oxygens (including phenoxy) is 1. The zero-order chi connectivity index (χ0) is 11.5. The van der Waals surface area contributed by atoms with Crippen molar-refractivity contribution in [3.63, 3.8) is 0 Å². The lowest BCUT2D eigenvalue weighted by Crippen LogP contribution is -2.15. The zero-order valence-corrected chi connectivity index (χ0v) is 9.73. The Labute approximate surface area is 101 Å². The molecule has 2 aromatic rings. The molecule has 1 aromatic heterocycles. The second-order valence-corrected chi connectivity index (χ2v) is 4.50. The van der Waals surface area contributed by atoms with Crippen LogP contribution in [0.5, 0.6) is 5.75 Å². The van der Waals surface area contributed by atoms with Crippen LogP contribution in [0.1, 0.15) is 6.42 Å². The molecule has 0 spiro atoms. The molecule has 0 aliphatic carbocycles. The van der Waals surface area contributed by atoms with Crippen LogP contribution < -0.4 is 10.1 Å². The van der Waals surface area contributed by atoms with Gasteiger partial charge in [0.15, 0.2) is 0 Å². The Morgan fingerprint density at radius 3 is 3.12 bits per heavy atom. The number of hydrogen-bond acceptors (Lipinski definition) is 3. The zero-order valence-electron chi connectivity index (χ0n) is 9.73. The van der Waals surface area contributed by atoms with Gasteiger partial charge in [0.25, 0.3) is 0 Å². The summed E-state index contributed by atoms with van der Waals surface area (Å²) in [5.41, 5.74) is 0.959. The van der Waals surface area contributed by atoms with E-state index in [4.69, 9.17) is 4.74 Å². The number of aromatic nitrogens is 1. The fraction of sp³-hybridized carbons (Fsp3) is 0.357. The summed E-state index contributed by atoms with van der Waals surface area (Å²) in [6, 6.07) is 10.1. The molecule has 0 radical (unpaired) electrons. The molecule has 1 fully saturated rings. The molecular formula is C14H16N2O. The average molecular weight is 228 g/mol. The van der Waals surface area contributed by atoms with Crippen molar-refractivity contribution in [3.8, 4) is 5.75 Å². The quantitative estimate of drug-likeness (QED) is 0.874. The highest BCUT2D eigenvalue weighted by Gasteiger charge is 2.15. The maximum absolute atomic E-state index is 5.90. The van der Waals surface area contributed by atoms with E-state index in [0.717, 1.165) is 36.3 Å². The van der Waals surface area contributed by atoms with Gasteiger partial charge in [-0.15, -0.1) is 0 Å². The highest BCUT2D eigenvalue weighted by molar-refractivity contribution is 5.84. The largest absolute Gasteiger partial charge is 0.491 e. The molecule has 1 aromatic carbocycles. The first kappa shape index (κ1) is 10.5. The minimum absolute atomic E-state index is 0.633. The Morgan fingerprint density at radius 2 is 2.24 bits per heavy atom. The van der Waals surface area contributed by atoms with E-state index < -0.39 is 0 Å². The van der Waals surface area contributed by atoms with Gasteiger partial charge in [0.2, 0.25) is 0 Å². The minimum atomic E-state index is 0.633. The molecule has 3 heteroatoms. The monoisotopic (exact) mass is 228 g/mol. The third-order valence-electron chi connectivity index (χ3n) is 3.23. The Balaban J connectivity index is 1.79. The molecule has 2 heterocycles. The van der Waals surface area contributed by atoms with Gasteiger partial charge in [-0.1, -0.05) is 18.2 Å². The predicted molar refractivity (Wildman–Crippen MR) is 68.2 cm³/mol. The topological polar surface area (TPSA) is 34.1 Å². The molecule has 1 unspecified atom stereocenters. The van der Waals surface area contributed by atoms with E-state index in [1.165, 1.54) is 6.42 Å². The van der Waals surface area contributed by atoms with Crippen LogP contribution in [-0.2, 0) is 0 Å². The van der Waals surface area contributed by atoms with Crippen LogP contribution in [0, 0.1) is 5.92 Å². The number of nitrogens with zero attached hydrogens (tertiary/aromatic N) is 1. The highest BCUT2D eigenvalue weighted by atomic mass is 16.5. The lowest BCUT2D eigenvalue weighted by atomic mass is 10.1. The van der Waals surface area contributed by atoms with Gasteiger partial charge in [-0.2, -0.15) is 0 Å². The normalized spacial score (nSPS) is 19.6. The van der Waals surface area contributed by atoms with Crippen LogP contribution in [0.2, 0.25) is 0 Å². The maximum Gasteiger partial charge on any atom is 0.145 e. The van der Waals surface area contributed by atoms with Crippen LogP contribution in [0.4, 0.5) is 0 Å². The van der Waals surface area contributed by atoms with Crippen molar-refractivity contribution in [2.75, 3.05) is 19.7 Å². The lowest BCUT2D eigenvalue weighted by Gasteiger charge is -2.12. The molecule has 0 saturated carbocycles. The molecule has 1 saturated heterocycles. The molecule has 0 bridgehead atoms. The van der Waals surface area contributed by atoms with Crippen molar-refractivity contribution in [1.29, 1.82) is 0 Å². The molecule has 1 aliphatic heterocycles. The molecular weight excluding hydrogens is 212 g/mol. The lowest BCUT2D eigenvalue weighted by molar-refractivity contribution is 0.262. The van der Waals surface area contributed by atoms with Gasteiger partial charge in [-0.25, -0.2) is 0 Å². The van der Waals surface area contributed by atoms with Crippen LogP contribution >= 0.6 is 0 Å². The first-order valence-corrected chi connectivity index (χ1v) is 6.11. The summed E-state index contributed by atoms with van der Waals surface area (Å²) in [4.78, 5) is 4.39. The van der Waals surface area contributed by atoms with Crippen molar-refractivity contribution in [1.82, 2.24) is 10.3 Å². The molecule has 3 nitrogen and oxygen atoms in total. The SMILES string of the molecule is c1cnc2c(OCC3CCNC3)cccc2c1. The Hall–Kier alpha value is -1.61.